The van der Waals surface area contributed by atoms with E-state index in [1.807, 2.05) is 7.05 Å². The number of carbonyl (C=O) groups is 1. The van der Waals surface area contributed by atoms with Crippen molar-refractivity contribution < 1.29 is 4.79 Å². The number of H-pyrrole nitrogens is 1. The van der Waals surface area contributed by atoms with E-state index in [-0.39, 0.29) is 11.6 Å². The van der Waals surface area contributed by atoms with Crippen LogP contribution in [0.25, 0.3) is 10.4 Å². The zero-order chi connectivity index (χ0) is 14.6. The van der Waals surface area contributed by atoms with Gasteiger partial charge in [0.05, 0.1) is 22.4 Å². The van der Waals surface area contributed by atoms with E-state index in [9.17, 15) is 4.79 Å². The van der Waals surface area contributed by atoms with Crippen molar-refractivity contribution in [2.75, 3.05) is 17.7 Å². The molecule has 1 fully saturated rings. The van der Waals surface area contributed by atoms with E-state index >= 15 is 0 Å². The van der Waals surface area contributed by atoms with Crippen molar-refractivity contribution in [1.82, 2.24) is 15.5 Å². The van der Waals surface area contributed by atoms with Crippen LogP contribution in [-0.4, -0.2) is 28.8 Å². The Bertz CT molecular complexity index is 699. The van der Waals surface area contributed by atoms with Gasteiger partial charge in [-0.3, -0.25) is 9.89 Å². The summed E-state index contributed by atoms with van der Waals surface area (Å²) in [7, 11) is 2.03. The van der Waals surface area contributed by atoms with Crippen molar-refractivity contribution in [2.24, 2.45) is 0 Å². The topological polar surface area (TPSA) is 87.0 Å². The van der Waals surface area contributed by atoms with Crippen LogP contribution in [0.1, 0.15) is 35.4 Å². The van der Waals surface area contributed by atoms with Gasteiger partial charge in [-0.1, -0.05) is 0 Å². The molecule has 1 spiro atoms. The van der Waals surface area contributed by atoms with Gasteiger partial charge in [-0.15, -0.1) is 11.3 Å². The van der Waals surface area contributed by atoms with Crippen molar-refractivity contribution in [3.8, 4) is 10.4 Å². The Kier molecular flexibility index (Phi) is 2.56. The van der Waals surface area contributed by atoms with Crippen LogP contribution in [0.3, 0.4) is 0 Å². The number of hydrogen-bond acceptors (Lipinski definition) is 5. The van der Waals surface area contributed by atoms with Crippen molar-refractivity contribution >= 4 is 28.6 Å². The number of nitrogens with two attached hydrogens (primary N) is 1. The molecule has 1 aliphatic carbocycles. The number of thiophene rings is 1. The average molecular weight is 303 g/mol. The second-order valence-corrected chi connectivity index (χ2v) is 6.78. The summed E-state index contributed by atoms with van der Waals surface area (Å²) in [4.78, 5) is 16.3. The molecule has 0 aromatic carbocycles. The van der Waals surface area contributed by atoms with Gasteiger partial charge in [0, 0.05) is 18.8 Å². The number of nitrogen functional groups attached to an aromatic ring is 1. The fourth-order valence-electron chi connectivity index (χ4n) is 3.50. The number of hydrogen-bond donors (Lipinski definition) is 3. The highest BCUT2D eigenvalue weighted by Crippen LogP contribution is 2.49. The van der Waals surface area contributed by atoms with Gasteiger partial charge in [0.1, 0.15) is 10.5 Å². The zero-order valence-electron chi connectivity index (χ0n) is 11.8. The molecule has 6 nitrogen and oxygen atoms in total. The summed E-state index contributed by atoms with van der Waals surface area (Å²) in [5.41, 5.74) is 8.59. The SMILES string of the molecule is CN1c2c(sc(-c3cn[nH]c3)c2N)C(=O)NC12CCCC2. The number of fused-ring (bicyclic) bond motifs is 1. The normalized spacial score (nSPS) is 19.9. The van der Waals surface area contributed by atoms with Crippen LogP contribution in [0.4, 0.5) is 11.4 Å². The van der Waals surface area contributed by atoms with Crippen LogP contribution in [-0.2, 0) is 0 Å². The number of carbonyl (C=O) groups excluding carboxylic acids is 1. The molecule has 1 saturated carbocycles. The summed E-state index contributed by atoms with van der Waals surface area (Å²) in [6.07, 6.45) is 7.76. The van der Waals surface area contributed by atoms with Crippen molar-refractivity contribution in [3.63, 3.8) is 0 Å². The molecule has 1 amide bonds. The van der Waals surface area contributed by atoms with Crippen LogP contribution in [0.15, 0.2) is 12.4 Å². The molecular weight excluding hydrogens is 286 g/mol. The predicted molar refractivity (Wildman–Crippen MR) is 83.4 cm³/mol. The number of aromatic nitrogens is 2. The first-order chi connectivity index (χ1) is 10.1. The molecule has 1 aliphatic heterocycles. The van der Waals surface area contributed by atoms with E-state index in [0.717, 1.165) is 41.8 Å². The summed E-state index contributed by atoms with van der Waals surface area (Å²) in [5, 5.41) is 9.96. The Labute approximate surface area is 126 Å². The van der Waals surface area contributed by atoms with Crippen molar-refractivity contribution in [3.05, 3.63) is 17.3 Å². The van der Waals surface area contributed by atoms with Gasteiger partial charge < -0.3 is 16.0 Å². The van der Waals surface area contributed by atoms with E-state index in [0.29, 0.717) is 10.6 Å². The van der Waals surface area contributed by atoms with Gasteiger partial charge in [0.25, 0.3) is 5.91 Å². The van der Waals surface area contributed by atoms with Gasteiger partial charge in [0.2, 0.25) is 0 Å². The molecule has 0 atom stereocenters. The Morgan fingerprint density at radius 3 is 2.81 bits per heavy atom. The maximum Gasteiger partial charge on any atom is 0.265 e. The predicted octanol–water partition coefficient (Wildman–Crippen LogP) is 2.17. The number of anilines is 2. The fourth-order valence-corrected chi connectivity index (χ4v) is 4.63. The highest BCUT2D eigenvalue weighted by atomic mass is 32.1. The van der Waals surface area contributed by atoms with Gasteiger partial charge in [-0.25, -0.2) is 0 Å². The van der Waals surface area contributed by atoms with Crippen molar-refractivity contribution in [1.29, 1.82) is 0 Å². The summed E-state index contributed by atoms with van der Waals surface area (Å²) in [6.45, 7) is 0. The molecule has 0 radical (unpaired) electrons. The highest BCUT2D eigenvalue weighted by molar-refractivity contribution is 7.18. The first-order valence-electron chi connectivity index (χ1n) is 7.10. The van der Waals surface area contributed by atoms with E-state index in [4.69, 9.17) is 5.73 Å². The molecule has 7 heteroatoms. The molecule has 110 valence electrons. The monoisotopic (exact) mass is 303 g/mol. The third kappa shape index (κ3) is 1.64. The van der Waals surface area contributed by atoms with Crippen LogP contribution in [0.5, 0.6) is 0 Å². The molecule has 0 bridgehead atoms. The lowest BCUT2D eigenvalue weighted by Gasteiger charge is -2.44. The highest BCUT2D eigenvalue weighted by Gasteiger charge is 2.46. The third-order valence-corrected chi connectivity index (χ3v) is 5.88. The lowest BCUT2D eigenvalue weighted by molar-refractivity contribution is 0.0890. The maximum atomic E-state index is 12.5. The second kappa shape index (κ2) is 4.24. The minimum absolute atomic E-state index is 0.00329. The van der Waals surface area contributed by atoms with Crippen LogP contribution >= 0.6 is 11.3 Å². The number of nitrogens with one attached hydrogen (secondary N) is 2. The summed E-state index contributed by atoms with van der Waals surface area (Å²) in [6, 6.07) is 0. The Balaban J connectivity index is 1.88. The summed E-state index contributed by atoms with van der Waals surface area (Å²) >= 11 is 1.43. The van der Waals surface area contributed by atoms with E-state index in [2.05, 4.69) is 20.4 Å². The lowest BCUT2D eigenvalue weighted by Crippen LogP contribution is -2.61. The van der Waals surface area contributed by atoms with Crippen molar-refractivity contribution in [2.45, 2.75) is 31.3 Å². The van der Waals surface area contributed by atoms with Crippen LogP contribution in [0, 0.1) is 0 Å². The molecule has 2 aliphatic rings. The van der Waals surface area contributed by atoms with E-state index in [1.54, 1.807) is 12.4 Å². The smallest absolute Gasteiger partial charge is 0.265 e. The molecule has 3 heterocycles. The molecule has 0 saturated heterocycles. The van der Waals surface area contributed by atoms with Gasteiger partial charge in [-0.05, 0) is 25.7 Å². The lowest BCUT2D eigenvalue weighted by atomic mass is 10.0. The first-order valence-corrected chi connectivity index (χ1v) is 7.92. The van der Waals surface area contributed by atoms with Crippen LogP contribution in [0.2, 0.25) is 0 Å². The molecule has 0 unspecified atom stereocenters. The van der Waals surface area contributed by atoms with E-state index in [1.165, 1.54) is 11.3 Å². The zero-order valence-corrected chi connectivity index (χ0v) is 12.6. The molecule has 21 heavy (non-hydrogen) atoms. The third-order valence-electron chi connectivity index (χ3n) is 4.64. The fraction of sp³-hybridized carbons (Fsp3) is 0.429. The Morgan fingerprint density at radius 2 is 2.14 bits per heavy atom. The quantitative estimate of drug-likeness (QED) is 0.753. The minimum atomic E-state index is -0.257. The van der Waals surface area contributed by atoms with Gasteiger partial charge >= 0.3 is 0 Å². The standard InChI is InChI=1S/C14H17N5OS/c1-19-10-9(15)11(8-6-16-17-7-8)21-12(10)13(20)18-14(19)4-2-3-5-14/h6-7H,2-5,15H2,1H3,(H,16,17)(H,18,20). The molecular formula is C14H17N5OS. The second-order valence-electron chi connectivity index (χ2n) is 5.76. The number of nitrogens with zero attached hydrogens (tertiary/aromatic N) is 2. The number of aromatic amines is 1. The van der Waals surface area contributed by atoms with E-state index < -0.39 is 0 Å². The molecule has 4 N–H and O–H groups in total. The van der Waals surface area contributed by atoms with Gasteiger partial charge in [-0.2, -0.15) is 5.10 Å². The first kappa shape index (κ1) is 12.7. The summed E-state index contributed by atoms with van der Waals surface area (Å²) in [5.74, 6) is -0.00329. The molecule has 4 rings (SSSR count). The maximum absolute atomic E-state index is 12.5. The van der Waals surface area contributed by atoms with Gasteiger partial charge in [0.15, 0.2) is 0 Å². The number of rotatable bonds is 1. The van der Waals surface area contributed by atoms with Crippen LogP contribution < -0.4 is 16.0 Å². The molecule has 2 aromatic heterocycles. The largest absolute Gasteiger partial charge is 0.396 e. The molecule has 2 aromatic rings. The number of amides is 1. The minimum Gasteiger partial charge on any atom is -0.396 e. The summed E-state index contributed by atoms with van der Waals surface area (Å²) < 4.78 is 0. The average Bonchev–Trinajstić information content (AvgIpc) is 3.16. The Morgan fingerprint density at radius 1 is 1.38 bits per heavy atom. The Hall–Kier alpha value is -2.02.